The molecule has 1 atom stereocenters. The number of rotatable bonds is 9. The molecule has 19 heavy (non-hydrogen) atoms. The lowest BCUT2D eigenvalue weighted by Gasteiger charge is -2.12. The lowest BCUT2D eigenvalue weighted by atomic mass is 10.3. The van der Waals surface area contributed by atoms with E-state index in [2.05, 4.69) is 10.6 Å². The van der Waals surface area contributed by atoms with Crippen LogP contribution in [0.2, 0.25) is 0 Å². The Hall–Kier alpha value is -0.360. The summed E-state index contributed by atoms with van der Waals surface area (Å²) in [5.41, 5.74) is 0. The van der Waals surface area contributed by atoms with Gasteiger partial charge in [0.15, 0.2) is 0 Å². The van der Waals surface area contributed by atoms with E-state index in [1.807, 2.05) is 34.6 Å². The minimum Gasteiger partial charge on any atom is -0.354 e. The Balaban J connectivity index is 3.61. The van der Waals surface area contributed by atoms with Gasteiger partial charge in [0.2, 0.25) is 11.8 Å². The van der Waals surface area contributed by atoms with Crippen molar-refractivity contribution in [2.45, 2.75) is 64.8 Å². The smallest absolute Gasteiger partial charge is 0.221 e. The molecule has 112 valence electrons. The Morgan fingerprint density at radius 1 is 0.947 bits per heavy atom. The fraction of sp³-hybridized carbons (Fsp3) is 0.846. The Labute approximate surface area is 124 Å². The first-order chi connectivity index (χ1) is 8.81. The van der Waals surface area contributed by atoms with Crippen LogP contribution < -0.4 is 10.6 Å². The molecule has 0 aliphatic rings. The van der Waals surface area contributed by atoms with Crippen LogP contribution >= 0.6 is 21.6 Å². The minimum absolute atomic E-state index is 0.0909. The lowest BCUT2D eigenvalue weighted by Crippen LogP contribution is -2.31. The predicted molar refractivity (Wildman–Crippen MR) is 85.3 cm³/mol. The van der Waals surface area contributed by atoms with E-state index in [0.717, 1.165) is 5.75 Å². The van der Waals surface area contributed by atoms with Crippen molar-refractivity contribution in [2.24, 2.45) is 0 Å². The summed E-state index contributed by atoms with van der Waals surface area (Å²) in [6.07, 6.45) is 1.05. The zero-order valence-electron chi connectivity index (χ0n) is 12.5. The van der Waals surface area contributed by atoms with Gasteiger partial charge in [-0.2, -0.15) is 0 Å². The van der Waals surface area contributed by atoms with Gasteiger partial charge in [0.25, 0.3) is 0 Å². The molecule has 6 heteroatoms. The van der Waals surface area contributed by atoms with Gasteiger partial charge in [0, 0.05) is 35.9 Å². The number of nitrogens with one attached hydrogen (secondary N) is 2. The van der Waals surface area contributed by atoms with Crippen molar-refractivity contribution in [2.75, 3.05) is 5.75 Å². The van der Waals surface area contributed by atoms with E-state index in [9.17, 15) is 9.59 Å². The first-order valence-electron chi connectivity index (χ1n) is 6.68. The number of hydrogen-bond donors (Lipinski definition) is 2. The first-order valence-corrected chi connectivity index (χ1v) is 9.06. The van der Waals surface area contributed by atoms with Crippen LogP contribution in [0.3, 0.4) is 0 Å². The molecule has 2 amide bonds. The largest absolute Gasteiger partial charge is 0.354 e. The maximum absolute atomic E-state index is 11.5. The van der Waals surface area contributed by atoms with Crippen LogP contribution in [-0.4, -0.2) is 34.9 Å². The molecule has 0 saturated carbocycles. The molecule has 0 radical (unpaired) electrons. The van der Waals surface area contributed by atoms with Crippen molar-refractivity contribution in [3.8, 4) is 0 Å². The summed E-state index contributed by atoms with van der Waals surface area (Å²) in [6.45, 7) is 9.85. The van der Waals surface area contributed by atoms with Crippen molar-refractivity contribution in [1.29, 1.82) is 0 Å². The zero-order valence-corrected chi connectivity index (χ0v) is 14.1. The number of hydrogen-bond acceptors (Lipinski definition) is 4. The maximum Gasteiger partial charge on any atom is 0.221 e. The first kappa shape index (κ1) is 18.6. The monoisotopic (exact) mass is 306 g/mol. The molecular weight excluding hydrogens is 280 g/mol. The highest BCUT2D eigenvalue weighted by molar-refractivity contribution is 8.76. The quantitative estimate of drug-likeness (QED) is 0.508. The van der Waals surface area contributed by atoms with Crippen molar-refractivity contribution in [3.63, 3.8) is 0 Å². The Morgan fingerprint density at radius 2 is 1.47 bits per heavy atom. The van der Waals surface area contributed by atoms with Crippen molar-refractivity contribution in [3.05, 3.63) is 0 Å². The lowest BCUT2D eigenvalue weighted by molar-refractivity contribution is -0.122. The van der Waals surface area contributed by atoms with Crippen LogP contribution in [0.5, 0.6) is 0 Å². The van der Waals surface area contributed by atoms with Crippen LogP contribution in [0.25, 0.3) is 0 Å². The van der Waals surface area contributed by atoms with Crippen molar-refractivity contribution < 1.29 is 9.59 Å². The molecule has 0 bridgehead atoms. The fourth-order valence-corrected chi connectivity index (χ4v) is 3.63. The van der Waals surface area contributed by atoms with Gasteiger partial charge in [0.05, 0.1) is 0 Å². The van der Waals surface area contributed by atoms with E-state index >= 15 is 0 Å². The summed E-state index contributed by atoms with van der Waals surface area (Å²) in [7, 11) is 3.32. The standard InChI is InChI=1S/C13H26N2O2S2/c1-9(2)14-12(16)6-7-18-19-11(5)8-13(17)15-10(3)4/h9-11H,6-8H2,1-5H3,(H,14,16)(H,15,17). The van der Waals surface area contributed by atoms with E-state index in [0.29, 0.717) is 12.8 Å². The SMILES string of the molecule is CC(C)NC(=O)CCSSC(C)CC(=O)NC(C)C. The average Bonchev–Trinajstić information content (AvgIpc) is 2.21. The Bertz CT molecular complexity index is 284. The summed E-state index contributed by atoms with van der Waals surface area (Å²) in [5.74, 6) is 0.959. The van der Waals surface area contributed by atoms with E-state index in [1.54, 1.807) is 21.6 Å². The summed E-state index contributed by atoms with van der Waals surface area (Å²) in [5, 5.41) is 6.00. The fourth-order valence-electron chi connectivity index (χ4n) is 1.37. The highest BCUT2D eigenvalue weighted by Crippen LogP contribution is 2.28. The molecule has 0 fully saturated rings. The van der Waals surface area contributed by atoms with Crippen molar-refractivity contribution in [1.82, 2.24) is 10.6 Å². The van der Waals surface area contributed by atoms with E-state index in [-0.39, 0.29) is 29.1 Å². The molecule has 0 saturated heterocycles. The summed E-state index contributed by atoms with van der Waals surface area (Å²) in [4.78, 5) is 22.9. The predicted octanol–water partition coefficient (Wildman–Crippen LogP) is 2.59. The highest BCUT2D eigenvalue weighted by Gasteiger charge is 2.11. The highest BCUT2D eigenvalue weighted by atomic mass is 33.1. The molecular formula is C13H26N2O2S2. The van der Waals surface area contributed by atoms with Crippen LogP contribution in [0.4, 0.5) is 0 Å². The molecule has 0 rings (SSSR count). The maximum atomic E-state index is 11.5. The van der Waals surface area contributed by atoms with Gasteiger partial charge >= 0.3 is 0 Å². The van der Waals surface area contributed by atoms with Gasteiger partial charge in [-0.25, -0.2) is 0 Å². The van der Waals surface area contributed by atoms with Crippen LogP contribution in [0.1, 0.15) is 47.5 Å². The van der Waals surface area contributed by atoms with Gasteiger partial charge in [-0.05, 0) is 27.7 Å². The molecule has 0 aromatic heterocycles. The summed E-state index contributed by atoms with van der Waals surface area (Å²) >= 11 is 0. The van der Waals surface area contributed by atoms with Crippen LogP contribution in [0.15, 0.2) is 0 Å². The normalized spacial score (nSPS) is 12.6. The number of amides is 2. The van der Waals surface area contributed by atoms with Gasteiger partial charge in [-0.1, -0.05) is 28.5 Å². The van der Waals surface area contributed by atoms with E-state index < -0.39 is 0 Å². The molecule has 2 N–H and O–H groups in total. The molecule has 0 aliphatic heterocycles. The molecule has 0 aromatic rings. The van der Waals surface area contributed by atoms with Gasteiger partial charge in [-0.15, -0.1) is 0 Å². The third-order valence-corrected chi connectivity index (χ3v) is 4.91. The molecule has 4 nitrogen and oxygen atoms in total. The van der Waals surface area contributed by atoms with Crippen LogP contribution in [0, 0.1) is 0 Å². The third kappa shape index (κ3) is 12.4. The second kappa shape index (κ2) is 10.4. The average molecular weight is 306 g/mol. The summed E-state index contributed by atoms with van der Waals surface area (Å²) in [6, 6.07) is 0.390. The number of carbonyl (C=O) groups is 2. The van der Waals surface area contributed by atoms with Gasteiger partial charge in [-0.3, -0.25) is 9.59 Å². The second-order valence-electron chi connectivity index (χ2n) is 5.13. The molecule has 0 spiro atoms. The molecule has 0 aromatic carbocycles. The van der Waals surface area contributed by atoms with E-state index in [4.69, 9.17) is 0 Å². The Kier molecular flexibility index (Phi) is 10.2. The Morgan fingerprint density at radius 3 is 2.00 bits per heavy atom. The molecule has 1 unspecified atom stereocenters. The van der Waals surface area contributed by atoms with Crippen molar-refractivity contribution >= 4 is 33.4 Å². The molecule has 0 heterocycles. The topological polar surface area (TPSA) is 58.2 Å². The zero-order chi connectivity index (χ0) is 14.8. The minimum atomic E-state index is 0.0909. The molecule has 0 aliphatic carbocycles. The van der Waals surface area contributed by atoms with Gasteiger partial charge in [0.1, 0.15) is 0 Å². The summed E-state index contributed by atoms with van der Waals surface area (Å²) < 4.78 is 0. The van der Waals surface area contributed by atoms with E-state index in [1.165, 1.54) is 0 Å². The second-order valence-corrected chi connectivity index (χ2v) is 8.05. The van der Waals surface area contributed by atoms with Gasteiger partial charge < -0.3 is 10.6 Å². The van der Waals surface area contributed by atoms with Crippen LogP contribution in [-0.2, 0) is 9.59 Å². The third-order valence-electron chi connectivity index (χ3n) is 2.02. The number of carbonyl (C=O) groups excluding carboxylic acids is 2.